The summed E-state index contributed by atoms with van der Waals surface area (Å²) in [6, 6.07) is 16.8. The smallest absolute Gasteiger partial charge is 0.253 e. The fourth-order valence-electron chi connectivity index (χ4n) is 4.88. The van der Waals surface area contributed by atoms with E-state index < -0.39 is 11.4 Å². The molecule has 1 unspecified atom stereocenters. The molecular weight excluding hydrogens is 456 g/mol. The molecule has 0 spiro atoms. The number of halogens is 1. The van der Waals surface area contributed by atoms with Gasteiger partial charge in [0.25, 0.3) is 5.91 Å². The summed E-state index contributed by atoms with van der Waals surface area (Å²) in [5.74, 6) is 0.165. The van der Waals surface area contributed by atoms with Crippen LogP contribution in [0.15, 0.2) is 59.1 Å². The molecule has 2 aliphatic heterocycles. The molecule has 5 rings (SSSR count). The Hall–Kier alpha value is -3.20. The molecule has 34 heavy (non-hydrogen) atoms. The molecule has 1 aromatic heterocycles. The van der Waals surface area contributed by atoms with Gasteiger partial charge in [-0.2, -0.15) is 0 Å². The zero-order chi connectivity index (χ0) is 23.7. The number of rotatable bonds is 6. The number of ether oxygens (including phenoxy) is 1. The summed E-state index contributed by atoms with van der Waals surface area (Å²) in [5.41, 5.74) is 8.23. The van der Waals surface area contributed by atoms with E-state index in [4.69, 9.17) is 26.6 Å². The van der Waals surface area contributed by atoms with Crippen LogP contribution in [0.3, 0.4) is 0 Å². The lowest BCUT2D eigenvalue weighted by atomic mass is 9.86. The minimum Gasteiger partial charge on any atom is -0.370 e. The third-order valence-corrected chi connectivity index (χ3v) is 6.85. The molecule has 3 aromatic rings. The first-order chi connectivity index (χ1) is 16.5. The molecule has 0 bridgehead atoms. The van der Waals surface area contributed by atoms with Gasteiger partial charge in [0.05, 0.1) is 13.2 Å². The second kappa shape index (κ2) is 9.21. The Morgan fingerprint density at radius 3 is 2.59 bits per heavy atom. The summed E-state index contributed by atoms with van der Waals surface area (Å²) < 4.78 is 10.8. The van der Waals surface area contributed by atoms with E-state index in [2.05, 4.69) is 10.1 Å². The maximum Gasteiger partial charge on any atom is 0.253 e. The molecule has 9 heteroatoms. The van der Waals surface area contributed by atoms with E-state index in [9.17, 15) is 9.59 Å². The average molecular weight is 481 g/mol. The van der Waals surface area contributed by atoms with Crippen molar-refractivity contribution >= 4 is 29.1 Å². The first-order valence-corrected chi connectivity index (χ1v) is 11.6. The Kier molecular flexibility index (Phi) is 6.12. The maximum atomic E-state index is 12.9. The fraction of sp³-hybridized carbons (Fsp3) is 0.320. The highest BCUT2D eigenvalue weighted by molar-refractivity contribution is 6.30. The molecule has 8 nitrogen and oxygen atoms in total. The van der Waals surface area contributed by atoms with Crippen LogP contribution in [-0.4, -0.2) is 48.2 Å². The van der Waals surface area contributed by atoms with Gasteiger partial charge in [0, 0.05) is 35.4 Å². The number of amides is 2. The van der Waals surface area contributed by atoms with Crippen LogP contribution in [0.5, 0.6) is 0 Å². The molecule has 2 aromatic carbocycles. The molecule has 2 N–H and O–H groups in total. The van der Waals surface area contributed by atoms with Gasteiger partial charge in [-0.25, -0.2) is 0 Å². The van der Waals surface area contributed by atoms with Gasteiger partial charge in [0.1, 0.15) is 17.8 Å². The van der Waals surface area contributed by atoms with Crippen molar-refractivity contribution in [2.24, 2.45) is 5.73 Å². The maximum absolute atomic E-state index is 12.9. The summed E-state index contributed by atoms with van der Waals surface area (Å²) in [4.78, 5) is 28.8. The molecule has 176 valence electrons. The fourth-order valence-corrected chi connectivity index (χ4v) is 5.00. The number of nitrogens with zero attached hydrogens (tertiary/aromatic N) is 3. The van der Waals surface area contributed by atoms with Crippen molar-refractivity contribution in [3.05, 3.63) is 70.9 Å². The minimum atomic E-state index is -0.958. The Bertz CT molecular complexity index is 1190. The van der Waals surface area contributed by atoms with Crippen LogP contribution in [0.1, 0.15) is 24.2 Å². The zero-order valence-corrected chi connectivity index (χ0v) is 19.3. The number of primary amides is 1. The van der Waals surface area contributed by atoms with Crippen molar-refractivity contribution < 1.29 is 18.8 Å². The van der Waals surface area contributed by atoms with Crippen molar-refractivity contribution in [1.82, 2.24) is 10.1 Å². The van der Waals surface area contributed by atoms with Gasteiger partial charge >= 0.3 is 0 Å². The predicted molar refractivity (Wildman–Crippen MR) is 127 cm³/mol. The Morgan fingerprint density at radius 2 is 1.88 bits per heavy atom. The standard InChI is InChI=1S/C25H25ClN4O4/c26-19-6-2-17(3-7-19)22-14-21(34-28-22)15-29-11-1-10-25(29,24(27)32)18-4-8-20(9-5-18)30-12-13-33-16-23(30)31/h2-9,14H,1,10-13,15-16H2,(H2,27,32). The lowest BCUT2D eigenvalue weighted by Crippen LogP contribution is -2.50. The van der Waals surface area contributed by atoms with Crippen molar-refractivity contribution in [3.63, 3.8) is 0 Å². The molecule has 2 fully saturated rings. The van der Waals surface area contributed by atoms with Crippen LogP contribution in [0.2, 0.25) is 5.02 Å². The van der Waals surface area contributed by atoms with Crippen molar-refractivity contribution in [1.29, 1.82) is 0 Å². The van der Waals surface area contributed by atoms with Gasteiger partial charge in [-0.3, -0.25) is 14.5 Å². The van der Waals surface area contributed by atoms with E-state index in [1.54, 1.807) is 17.0 Å². The Morgan fingerprint density at radius 1 is 1.12 bits per heavy atom. The van der Waals surface area contributed by atoms with E-state index in [0.717, 1.165) is 23.2 Å². The monoisotopic (exact) mass is 480 g/mol. The number of benzene rings is 2. The van der Waals surface area contributed by atoms with Crippen molar-refractivity contribution in [2.75, 3.05) is 31.2 Å². The molecule has 2 aliphatic rings. The second-order valence-electron chi connectivity index (χ2n) is 8.58. The normalized spacial score (nSPS) is 21.2. The van der Waals surface area contributed by atoms with Crippen molar-refractivity contribution in [2.45, 2.75) is 24.9 Å². The van der Waals surface area contributed by atoms with E-state index in [1.807, 2.05) is 42.5 Å². The van der Waals surface area contributed by atoms with Gasteiger partial charge < -0.3 is 19.9 Å². The summed E-state index contributed by atoms with van der Waals surface area (Å²) in [7, 11) is 0. The van der Waals surface area contributed by atoms with Crippen LogP contribution >= 0.6 is 11.6 Å². The van der Waals surface area contributed by atoms with E-state index in [0.29, 0.717) is 49.1 Å². The molecule has 0 saturated carbocycles. The Labute approximate surface area is 202 Å². The molecule has 2 saturated heterocycles. The first kappa shape index (κ1) is 22.6. The lowest BCUT2D eigenvalue weighted by Gasteiger charge is -2.36. The predicted octanol–water partition coefficient (Wildman–Crippen LogP) is 3.33. The Balaban J connectivity index is 1.39. The highest BCUT2D eigenvalue weighted by Gasteiger charge is 2.48. The number of likely N-dealkylation sites (tertiary alicyclic amines) is 1. The number of hydrogen-bond acceptors (Lipinski definition) is 6. The van der Waals surface area contributed by atoms with Gasteiger partial charge in [-0.15, -0.1) is 0 Å². The van der Waals surface area contributed by atoms with E-state index in [-0.39, 0.29) is 12.5 Å². The van der Waals surface area contributed by atoms with Gasteiger partial charge in [-0.05, 0) is 42.7 Å². The quantitative estimate of drug-likeness (QED) is 0.580. The topological polar surface area (TPSA) is 102 Å². The molecular formula is C25H25ClN4O4. The number of carbonyl (C=O) groups is 2. The van der Waals surface area contributed by atoms with Gasteiger partial charge in [-0.1, -0.05) is 41.0 Å². The first-order valence-electron chi connectivity index (χ1n) is 11.2. The van der Waals surface area contributed by atoms with Crippen LogP contribution in [0.25, 0.3) is 11.3 Å². The average Bonchev–Trinajstić information content (AvgIpc) is 3.48. The molecule has 2 amide bonds. The zero-order valence-electron chi connectivity index (χ0n) is 18.6. The van der Waals surface area contributed by atoms with Crippen LogP contribution in [0.4, 0.5) is 5.69 Å². The minimum absolute atomic E-state index is 0.0760. The molecule has 3 heterocycles. The lowest BCUT2D eigenvalue weighted by molar-refractivity contribution is -0.129. The highest BCUT2D eigenvalue weighted by atomic mass is 35.5. The number of aromatic nitrogens is 1. The highest BCUT2D eigenvalue weighted by Crippen LogP contribution is 2.40. The number of morpholine rings is 1. The third kappa shape index (κ3) is 4.09. The largest absolute Gasteiger partial charge is 0.370 e. The van der Waals surface area contributed by atoms with Crippen molar-refractivity contribution in [3.8, 4) is 11.3 Å². The SMILES string of the molecule is NC(=O)C1(c2ccc(N3CCOCC3=O)cc2)CCCN1Cc1cc(-c2ccc(Cl)cc2)no1. The number of hydrogen-bond donors (Lipinski definition) is 1. The summed E-state index contributed by atoms with van der Waals surface area (Å²) in [6.45, 7) is 2.18. The summed E-state index contributed by atoms with van der Waals surface area (Å²) in [5, 5.41) is 4.84. The van der Waals surface area contributed by atoms with E-state index >= 15 is 0 Å². The van der Waals surface area contributed by atoms with Crippen LogP contribution in [-0.2, 0) is 26.4 Å². The van der Waals surface area contributed by atoms with Gasteiger partial charge in [0.2, 0.25) is 5.91 Å². The number of nitrogens with two attached hydrogens (primary N) is 1. The van der Waals surface area contributed by atoms with Crippen LogP contribution in [0, 0.1) is 0 Å². The summed E-state index contributed by atoms with van der Waals surface area (Å²) in [6.07, 6.45) is 1.43. The summed E-state index contributed by atoms with van der Waals surface area (Å²) >= 11 is 5.98. The molecule has 0 radical (unpaired) electrons. The van der Waals surface area contributed by atoms with Crippen LogP contribution < -0.4 is 10.6 Å². The molecule has 1 atom stereocenters. The number of anilines is 1. The van der Waals surface area contributed by atoms with Gasteiger partial charge in [0.15, 0.2) is 5.76 Å². The number of carbonyl (C=O) groups excluding carboxylic acids is 2. The third-order valence-electron chi connectivity index (χ3n) is 6.60. The second-order valence-corrected chi connectivity index (χ2v) is 9.02. The molecule has 0 aliphatic carbocycles. The van der Waals surface area contributed by atoms with E-state index in [1.165, 1.54) is 0 Å².